The van der Waals surface area contributed by atoms with Crippen LogP contribution in [0.4, 0.5) is 10.1 Å². The Kier molecular flexibility index (Phi) is 2.92. The number of carbonyl (C=O) groups is 1. The molecule has 3 nitrogen and oxygen atoms in total. The summed E-state index contributed by atoms with van der Waals surface area (Å²) in [7, 11) is 0. The van der Waals surface area contributed by atoms with Gasteiger partial charge in [-0.25, -0.2) is 4.39 Å². The number of aliphatic hydroxyl groups is 1. The Morgan fingerprint density at radius 3 is 2.80 bits per heavy atom. The molecule has 2 N–H and O–H groups in total. The maximum atomic E-state index is 13.8. The van der Waals surface area contributed by atoms with Crippen LogP contribution in [0.1, 0.15) is 36.0 Å². The zero-order chi connectivity index (χ0) is 14.5. The second-order valence-electron chi connectivity index (χ2n) is 5.41. The quantitative estimate of drug-likeness (QED) is 0.892. The maximum absolute atomic E-state index is 13.8. The predicted molar refractivity (Wildman–Crippen MR) is 76.4 cm³/mol. The summed E-state index contributed by atoms with van der Waals surface area (Å²) in [5.41, 5.74) is 0.734. The number of amides is 1. The number of hydrogen-bond acceptors (Lipinski definition) is 3. The zero-order valence-electron chi connectivity index (χ0n) is 11.1. The smallest absolute Gasteiger partial charge is 0.234 e. The van der Waals surface area contributed by atoms with Crippen LogP contribution in [0, 0.1) is 5.82 Å². The predicted octanol–water partition coefficient (Wildman–Crippen LogP) is 3.20. The molecule has 0 radical (unpaired) electrons. The molecule has 20 heavy (non-hydrogen) atoms. The summed E-state index contributed by atoms with van der Waals surface area (Å²) in [5, 5.41) is 15.0. The van der Waals surface area contributed by atoms with Gasteiger partial charge in [-0.15, -0.1) is 11.3 Å². The van der Waals surface area contributed by atoms with Crippen molar-refractivity contribution in [1.82, 2.24) is 0 Å². The number of carbonyl (C=O) groups excluding carboxylic acids is 1. The molecule has 0 bridgehead atoms. The molecule has 0 saturated carbocycles. The van der Waals surface area contributed by atoms with Crippen LogP contribution >= 0.6 is 11.3 Å². The number of nitrogens with one attached hydrogen (secondary N) is 1. The van der Waals surface area contributed by atoms with E-state index in [1.165, 1.54) is 23.5 Å². The van der Waals surface area contributed by atoms with Crippen LogP contribution in [0.25, 0.3) is 0 Å². The molecule has 1 aromatic heterocycles. The summed E-state index contributed by atoms with van der Waals surface area (Å²) in [6, 6.07) is 6.25. The van der Waals surface area contributed by atoms with Crippen molar-refractivity contribution in [1.29, 1.82) is 0 Å². The Bertz CT molecular complexity index is 679. The van der Waals surface area contributed by atoms with Gasteiger partial charge < -0.3 is 10.4 Å². The number of halogens is 1. The van der Waals surface area contributed by atoms with Crippen molar-refractivity contribution >= 4 is 22.9 Å². The molecule has 1 atom stereocenters. The van der Waals surface area contributed by atoms with Gasteiger partial charge in [-0.3, -0.25) is 4.79 Å². The minimum atomic E-state index is -0.936. The highest BCUT2D eigenvalue weighted by Gasteiger charge is 2.40. The third kappa shape index (κ3) is 1.85. The summed E-state index contributed by atoms with van der Waals surface area (Å²) in [4.78, 5) is 12.7. The molecule has 2 heterocycles. The molecule has 1 aliphatic heterocycles. The number of thiophene rings is 1. The highest BCUT2D eigenvalue weighted by Crippen LogP contribution is 2.43. The lowest BCUT2D eigenvalue weighted by Crippen LogP contribution is -2.26. The van der Waals surface area contributed by atoms with E-state index >= 15 is 0 Å². The first kappa shape index (κ1) is 13.3. The van der Waals surface area contributed by atoms with E-state index in [9.17, 15) is 14.3 Å². The van der Waals surface area contributed by atoms with Crippen LogP contribution in [-0.4, -0.2) is 11.0 Å². The number of benzene rings is 1. The van der Waals surface area contributed by atoms with Gasteiger partial charge in [0.05, 0.1) is 11.1 Å². The van der Waals surface area contributed by atoms with Gasteiger partial charge >= 0.3 is 0 Å². The normalized spacial score (nSPS) is 17.7. The van der Waals surface area contributed by atoms with E-state index in [0.29, 0.717) is 16.8 Å². The second-order valence-corrected chi connectivity index (χ2v) is 6.39. The van der Waals surface area contributed by atoms with Gasteiger partial charge in [0.25, 0.3) is 0 Å². The first-order chi connectivity index (χ1) is 9.41. The van der Waals surface area contributed by atoms with E-state index in [-0.39, 0.29) is 5.91 Å². The number of hydrogen-bond donors (Lipinski definition) is 2. The minimum Gasteiger partial charge on any atom is -0.383 e. The minimum absolute atomic E-state index is 0.183. The largest absolute Gasteiger partial charge is 0.383 e. The van der Waals surface area contributed by atoms with Gasteiger partial charge in [-0.2, -0.15) is 0 Å². The average Bonchev–Trinajstić information content (AvgIpc) is 2.99. The van der Waals surface area contributed by atoms with Gasteiger partial charge in [-0.05, 0) is 43.0 Å². The Morgan fingerprint density at radius 1 is 1.40 bits per heavy atom. The van der Waals surface area contributed by atoms with Gasteiger partial charge in [-0.1, -0.05) is 6.07 Å². The van der Waals surface area contributed by atoms with E-state index in [2.05, 4.69) is 5.32 Å². The van der Waals surface area contributed by atoms with E-state index in [1.807, 2.05) is 11.4 Å². The van der Waals surface area contributed by atoms with Crippen LogP contribution in [0.3, 0.4) is 0 Å². The van der Waals surface area contributed by atoms with Crippen LogP contribution < -0.4 is 5.32 Å². The van der Waals surface area contributed by atoms with Crippen LogP contribution in [-0.2, 0) is 10.2 Å². The van der Waals surface area contributed by atoms with Crippen molar-refractivity contribution in [3.8, 4) is 0 Å². The molecule has 1 unspecified atom stereocenters. The molecule has 5 heteroatoms. The van der Waals surface area contributed by atoms with Gasteiger partial charge in [0.2, 0.25) is 5.91 Å². The van der Waals surface area contributed by atoms with E-state index in [1.54, 1.807) is 19.9 Å². The molecule has 0 spiro atoms. The lowest BCUT2D eigenvalue weighted by Gasteiger charge is -2.17. The van der Waals surface area contributed by atoms with E-state index in [0.717, 1.165) is 4.88 Å². The molecule has 104 valence electrons. The summed E-state index contributed by atoms with van der Waals surface area (Å²) >= 11 is 1.39. The van der Waals surface area contributed by atoms with Gasteiger partial charge in [0.15, 0.2) is 0 Å². The lowest BCUT2D eigenvalue weighted by atomic mass is 9.85. The fraction of sp³-hybridized carbons (Fsp3) is 0.267. The molecule has 0 saturated heterocycles. The fourth-order valence-electron chi connectivity index (χ4n) is 2.47. The fourth-order valence-corrected chi connectivity index (χ4v) is 3.20. The SMILES string of the molecule is CC1(C)C(=O)Nc2c(C(O)c3cccs3)cc(F)cc21. The molecule has 1 aliphatic rings. The first-order valence-corrected chi connectivity index (χ1v) is 7.16. The van der Waals surface area contributed by atoms with Gasteiger partial charge in [0.1, 0.15) is 11.9 Å². The molecule has 3 rings (SSSR count). The standard InChI is InChI=1S/C15H14FNO2S/c1-15(2)10-7-8(16)6-9(12(10)17-14(15)19)13(18)11-4-3-5-20-11/h3-7,13,18H,1-2H3,(H,17,19). The molecular formula is C15H14FNO2S. The highest BCUT2D eigenvalue weighted by molar-refractivity contribution is 7.10. The molecule has 1 amide bonds. The summed E-state index contributed by atoms with van der Waals surface area (Å²) in [5.74, 6) is -0.628. The van der Waals surface area contributed by atoms with Crippen molar-refractivity contribution in [3.05, 3.63) is 51.5 Å². The Balaban J connectivity index is 2.17. The summed E-state index contributed by atoms with van der Waals surface area (Å²) in [6.07, 6.45) is -0.936. The third-order valence-electron chi connectivity index (χ3n) is 3.72. The zero-order valence-corrected chi connectivity index (χ0v) is 11.9. The topological polar surface area (TPSA) is 49.3 Å². The Labute approximate surface area is 120 Å². The summed E-state index contributed by atoms with van der Waals surface area (Å²) in [6.45, 7) is 3.49. The van der Waals surface area contributed by atoms with Gasteiger partial charge in [0, 0.05) is 10.4 Å². The molecule has 1 aromatic carbocycles. The monoisotopic (exact) mass is 291 g/mol. The molecule has 0 aliphatic carbocycles. The van der Waals surface area contributed by atoms with Crippen LogP contribution in [0.5, 0.6) is 0 Å². The average molecular weight is 291 g/mol. The summed E-state index contributed by atoms with van der Waals surface area (Å²) < 4.78 is 13.8. The first-order valence-electron chi connectivity index (χ1n) is 6.28. The van der Waals surface area contributed by atoms with Crippen molar-refractivity contribution in [3.63, 3.8) is 0 Å². The van der Waals surface area contributed by atoms with Crippen molar-refractivity contribution in [2.45, 2.75) is 25.4 Å². The van der Waals surface area contributed by atoms with Crippen LogP contribution in [0.2, 0.25) is 0 Å². The van der Waals surface area contributed by atoms with Crippen LogP contribution in [0.15, 0.2) is 29.6 Å². The Hall–Kier alpha value is -1.72. The molecule has 0 fully saturated rings. The number of anilines is 1. The number of aliphatic hydroxyl groups excluding tert-OH is 1. The number of fused-ring (bicyclic) bond motifs is 1. The lowest BCUT2D eigenvalue weighted by molar-refractivity contribution is -0.119. The molecular weight excluding hydrogens is 277 g/mol. The highest BCUT2D eigenvalue weighted by atomic mass is 32.1. The van der Waals surface area contributed by atoms with Crippen molar-refractivity contribution in [2.75, 3.05) is 5.32 Å². The van der Waals surface area contributed by atoms with Crippen molar-refractivity contribution < 1.29 is 14.3 Å². The maximum Gasteiger partial charge on any atom is 0.234 e. The van der Waals surface area contributed by atoms with E-state index in [4.69, 9.17) is 0 Å². The van der Waals surface area contributed by atoms with E-state index < -0.39 is 17.3 Å². The third-order valence-corrected chi connectivity index (χ3v) is 4.65. The van der Waals surface area contributed by atoms with Crippen molar-refractivity contribution in [2.24, 2.45) is 0 Å². The molecule has 2 aromatic rings. The number of rotatable bonds is 2. The second kappa shape index (κ2) is 4.40. The Morgan fingerprint density at radius 2 is 2.15 bits per heavy atom.